The molecule has 1 heterocycles. The fraction of sp³-hybridized carbons (Fsp3) is 0.423. The van der Waals surface area contributed by atoms with E-state index < -0.39 is 6.04 Å². The Bertz CT molecular complexity index is 1050. The van der Waals surface area contributed by atoms with Gasteiger partial charge in [0.15, 0.2) is 0 Å². The number of ether oxygens (including phenoxy) is 2. The highest BCUT2D eigenvalue weighted by Crippen LogP contribution is 2.34. The van der Waals surface area contributed by atoms with E-state index in [1.807, 2.05) is 24.3 Å². The van der Waals surface area contributed by atoms with Crippen molar-refractivity contribution in [2.24, 2.45) is 11.0 Å². The van der Waals surface area contributed by atoms with E-state index in [-0.39, 0.29) is 30.1 Å². The maximum atomic E-state index is 14.5. The second kappa shape index (κ2) is 10.8. The molecule has 4 rings (SSSR count). The lowest BCUT2D eigenvalue weighted by Gasteiger charge is -2.32. The molecule has 1 atom stereocenters. The van der Waals surface area contributed by atoms with Crippen molar-refractivity contribution in [1.82, 2.24) is 9.91 Å². The average Bonchev–Trinajstić information content (AvgIpc) is 3.26. The smallest absolute Gasteiger partial charge is 0.262 e. The van der Waals surface area contributed by atoms with Crippen LogP contribution in [0.1, 0.15) is 42.9 Å². The number of hydrazone groups is 1. The maximum absolute atomic E-state index is 14.5. The number of halogens is 1. The topological polar surface area (TPSA) is 71.4 Å². The molecule has 2 aromatic rings. The predicted molar refractivity (Wildman–Crippen MR) is 126 cm³/mol. The number of carbonyl (C=O) groups is 2. The number of carbonyl (C=O) groups excluding carboxylic acids is 2. The van der Waals surface area contributed by atoms with Gasteiger partial charge in [0.25, 0.3) is 5.91 Å². The Kier molecular flexibility index (Phi) is 7.57. The molecule has 180 valence electrons. The van der Waals surface area contributed by atoms with Gasteiger partial charge in [-0.3, -0.25) is 9.59 Å². The molecule has 1 aliphatic heterocycles. The molecule has 8 heteroatoms. The van der Waals surface area contributed by atoms with E-state index in [0.29, 0.717) is 36.6 Å². The van der Waals surface area contributed by atoms with Crippen LogP contribution in [0.15, 0.2) is 53.6 Å². The van der Waals surface area contributed by atoms with Gasteiger partial charge >= 0.3 is 0 Å². The molecule has 0 spiro atoms. The first kappa shape index (κ1) is 23.9. The molecule has 0 unspecified atom stereocenters. The summed E-state index contributed by atoms with van der Waals surface area (Å²) in [4.78, 5) is 28.0. The van der Waals surface area contributed by atoms with Gasteiger partial charge in [0.1, 0.15) is 18.1 Å². The van der Waals surface area contributed by atoms with E-state index in [4.69, 9.17) is 9.47 Å². The second-order valence-corrected chi connectivity index (χ2v) is 8.64. The summed E-state index contributed by atoms with van der Waals surface area (Å²) in [6.07, 6.45) is 3.10. The summed E-state index contributed by atoms with van der Waals surface area (Å²) >= 11 is 0. The minimum atomic E-state index is -0.406. The molecule has 2 amide bonds. The van der Waals surface area contributed by atoms with Crippen LogP contribution in [0, 0.1) is 11.7 Å². The summed E-state index contributed by atoms with van der Waals surface area (Å²) < 4.78 is 24.9. The van der Waals surface area contributed by atoms with E-state index in [1.54, 1.807) is 37.3 Å². The number of hydrogen-bond donors (Lipinski definition) is 0. The summed E-state index contributed by atoms with van der Waals surface area (Å²) in [6.45, 7) is 0.583. The first-order valence-corrected chi connectivity index (χ1v) is 11.6. The third-order valence-corrected chi connectivity index (χ3v) is 6.51. The number of benzene rings is 2. The first-order chi connectivity index (χ1) is 16.5. The van der Waals surface area contributed by atoms with Gasteiger partial charge in [0, 0.05) is 31.6 Å². The summed E-state index contributed by atoms with van der Waals surface area (Å²) in [7, 11) is 3.16. The van der Waals surface area contributed by atoms with Crippen LogP contribution in [0.25, 0.3) is 0 Å². The van der Waals surface area contributed by atoms with Gasteiger partial charge in [-0.05, 0) is 36.6 Å². The lowest BCUT2D eigenvalue weighted by molar-refractivity contribution is -0.146. The first-order valence-electron chi connectivity index (χ1n) is 11.6. The Morgan fingerprint density at radius 1 is 1.12 bits per heavy atom. The highest BCUT2D eigenvalue weighted by molar-refractivity contribution is 6.03. The molecule has 34 heavy (non-hydrogen) atoms. The van der Waals surface area contributed by atoms with Crippen LogP contribution in [0.4, 0.5) is 4.39 Å². The fourth-order valence-corrected chi connectivity index (χ4v) is 4.30. The largest absolute Gasteiger partial charge is 0.497 e. The standard InChI is InChI=1S/C26H30FN3O4/c1-33-15-14-29(26(32)19-6-5-7-19)17-25(31)30-24(18-10-12-20(34-2)13-11-18)16-23(28-30)21-8-3-4-9-22(21)27/h3-4,8-13,19,24H,5-7,14-17H2,1-2H3/t24-/m1/s1. The van der Waals surface area contributed by atoms with Gasteiger partial charge in [-0.2, -0.15) is 5.10 Å². The van der Waals surface area contributed by atoms with E-state index >= 15 is 0 Å². The van der Waals surface area contributed by atoms with Crippen LogP contribution < -0.4 is 4.74 Å². The maximum Gasteiger partial charge on any atom is 0.262 e. The van der Waals surface area contributed by atoms with Crippen LogP contribution in [-0.2, 0) is 14.3 Å². The third kappa shape index (κ3) is 5.12. The highest BCUT2D eigenvalue weighted by atomic mass is 19.1. The molecule has 2 aromatic carbocycles. The molecule has 0 bridgehead atoms. The minimum Gasteiger partial charge on any atom is -0.497 e. The quantitative estimate of drug-likeness (QED) is 0.563. The van der Waals surface area contributed by atoms with E-state index in [2.05, 4.69) is 5.10 Å². The summed E-state index contributed by atoms with van der Waals surface area (Å²) in [6, 6.07) is 13.4. The molecule has 7 nitrogen and oxygen atoms in total. The molecule has 0 N–H and O–H groups in total. The average molecular weight is 468 g/mol. The molecule has 1 fully saturated rings. The normalized spacial score (nSPS) is 17.8. The van der Waals surface area contributed by atoms with Crippen molar-refractivity contribution in [3.8, 4) is 5.75 Å². The monoisotopic (exact) mass is 467 g/mol. The van der Waals surface area contributed by atoms with Crippen LogP contribution in [0.3, 0.4) is 0 Å². The van der Waals surface area contributed by atoms with Gasteiger partial charge in [-0.15, -0.1) is 0 Å². The fourth-order valence-electron chi connectivity index (χ4n) is 4.30. The molecule has 0 saturated heterocycles. The van der Waals surface area contributed by atoms with Gasteiger partial charge < -0.3 is 14.4 Å². The molecule has 2 aliphatic rings. The highest BCUT2D eigenvalue weighted by Gasteiger charge is 2.36. The van der Waals surface area contributed by atoms with Crippen molar-refractivity contribution in [1.29, 1.82) is 0 Å². The molecule has 0 aromatic heterocycles. The van der Waals surface area contributed by atoms with Gasteiger partial charge in [-0.25, -0.2) is 9.40 Å². The van der Waals surface area contributed by atoms with E-state index in [1.165, 1.54) is 11.1 Å². The van der Waals surface area contributed by atoms with Crippen LogP contribution in [-0.4, -0.2) is 61.4 Å². The lowest BCUT2D eigenvalue weighted by Crippen LogP contribution is -2.46. The van der Waals surface area contributed by atoms with Crippen molar-refractivity contribution in [3.05, 3.63) is 65.5 Å². The third-order valence-electron chi connectivity index (χ3n) is 6.51. The molecular formula is C26H30FN3O4. The van der Waals surface area contributed by atoms with Gasteiger partial charge in [-0.1, -0.05) is 36.8 Å². The Morgan fingerprint density at radius 3 is 2.47 bits per heavy atom. The number of amides is 2. The number of nitrogens with zero attached hydrogens (tertiary/aromatic N) is 3. The van der Waals surface area contributed by atoms with Crippen molar-refractivity contribution in [2.45, 2.75) is 31.7 Å². The van der Waals surface area contributed by atoms with E-state index in [0.717, 1.165) is 24.8 Å². The van der Waals surface area contributed by atoms with Gasteiger partial charge in [0.2, 0.25) is 5.91 Å². The summed E-state index contributed by atoms with van der Waals surface area (Å²) in [5.41, 5.74) is 1.73. The van der Waals surface area contributed by atoms with Crippen molar-refractivity contribution >= 4 is 17.5 Å². The lowest BCUT2D eigenvalue weighted by atomic mass is 9.84. The molecule has 1 saturated carbocycles. The Balaban J connectivity index is 1.61. The number of hydrogen-bond acceptors (Lipinski definition) is 5. The summed E-state index contributed by atoms with van der Waals surface area (Å²) in [5, 5.41) is 5.95. The molecule has 1 aliphatic carbocycles. The predicted octanol–water partition coefficient (Wildman–Crippen LogP) is 3.79. The van der Waals surface area contributed by atoms with Gasteiger partial charge in [0.05, 0.1) is 25.5 Å². The molecule has 0 radical (unpaired) electrons. The van der Waals surface area contributed by atoms with Crippen molar-refractivity contribution < 1.29 is 23.5 Å². The zero-order valence-corrected chi connectivity index (χ0v) is 19.6. The second-order valence-electron chi connectivity index (χ2n) is 8.64. The summed E-state index contributed by atoms with van der Waals surface area (Å²) in [5.74, 6) is -0.0400. The number of rotatable bonds is 9. The Hall–Kier alpha value is -3.26. The molecular weight excluding hydrogens is 437 g/mol. The number of methoxy groups -OCH3 is 2. The SMILES string of the molecule is COCCN(CC(=O)N1N=C(c2ccccc2F)C[C@@H]1c1ccc(OC)cc1)C(=O)C1CCC1. The van der Waals surface area contributed by atoms with Crippen molar-refractivity contribution in [3.63, 3.8) is 0 Å². The van der Waals surface area contributed by atoms with Crippen LogP contribution >= 0.6 is 0 Å². The Morgan fingerprint density at radius 2 is 1.85 bits per heavy atom. The zero-order valence-electron chi connectivity index (χ0n) is 19.6. The van der Waals surface area contributed by atoms with E-state index in [9.17, 15) is 14.0 Å². The van der Waals surface area contributed by atoms with Crippen LogP contribution in [0.5, 0.6) is 5.75 Å². The minimum absolute atomic E-state index is 0.0184. The van der Waals surface area contributed by atoms with Crippen molar-refractivity contribution in [2.75, 3.05) is 33.9 Å². The van der Waals surface area contributed by atoms with Crippen LogP contribution in [0.2, 0.25) is 0 Å². The Labute approximate surface area is 199 Å². The zero-order chi connectivity index (χ0) is 24.1.